The summed E-state index contributed by atoms with van der Waals surface area (Å²) in [6.45, 7) is 0.537. The van der Waals surface area contributed by atoms with E-state index in [9.17, 15) is 0 Å². The van der Waals surface area contributed by atoms with Gasteiger partial charge in [0, 0.05) is 11.1 Å². The molecule has 4 aromatic rings. The third-order valence-electron chi connectivity index (χ3n) is 4.89. The molecule has 28 heavy (non-hydrogen) atoms. The first kappa shape index (κ1) is 18.0. The summed E-state index contributed by atoms with van der Waals surface area (Å²) in [4.78, 5) is 0. The van der Waals surface area contributed by atoms with Crippen LogP contribution in [0.4, 0.5) is 0 Å². The third-order valence-corrected chi connectivity index (χ3v) is 4.89. The van der Waals surface area contributed by atoms with Gasteiger partial charge in [0.15, 0.2) is 5.82 Å². The van der Waals surface area contributed by atoms with Crippen molar-refractivity contribution in [2.24, 2.45) is 0 Å². The van der Waals surface area contributed by atoms with E-state index in [-0.39, 0.29) is 0 Å². The van der Waals surface area contributed by atoms with Gasteiger partial charge in [0.05, 0.1) is 13.7 Å². The van der Waals surface area contributed by atoms with Gasteiger partial charge in [-0.15, -0.1) is 5.10 Å². The zero-order valence-electron chi connectivity index (χ0n) is 16.0. The van der Waals surface area contributed by atoms with Crippen LogP contribution in [0.2, 0.25) is 0 Å². The molecule has 0 spiro atoms. The highest BCUT2D eigenvalue weighted by molar-refractivity contribution is 6.08. The third kappa shape index (κ3) is 3.54. The fourth-order valence-corrected chi connectivity index (χ4v) is 3.35. The molecule has 0 saturated carbocycles. The number of nitrogens with zero attached hydrogens (tertiary/aromatic N) is 4. The lowest BCUT2D eigenvalue weighted by Crippen LogP contribution is -2.06. The molecule has 0 aliphatic rings. The van der Waals surface area contributed by atoms with Crippen molar-refractivity contribution in [3.63, 3.8) is 0 Å². The van der Waals surface area contributed by atoms with Crippen LogP contribution >= 0.6 is 0 Å². The number of ether oxygens (including phenoxy) is 1. The number of hydrogen-bond donors (Lipinski definition) is 0. The lowest BCUT2D eigenvalue weighted by Gasteiger charge is -2.12. The summed E-state index contributed by atoms with van der Waals surface area (Å²) in [6.07, 6.45) is 1.03. The first-order valence-electron chi connectivity index (χ1n) is 9.37. The Kier molecular flexibility index (Phi) is 5.19. The van der Waals surface area contributed by atoms with E-state index in [2.05, 4.69) is 59.8 Å². The minimum Gasteiger partial charge on any atom is -0.496 e. The minimum atomic E-state index is 0.537. The Balaban J connectivity index is 1.74. The Morgan fingerprint density at radius 2 is 1.61 bits per heavy atom. The van der Waals surface area contributed by atoms with Gasteiger partial charge in [-0.1, -0.05) is 78.6 Å². The SMILES string of the molecule is BCc1ccc(-c2ccccc2-c2nnnn2Cc2ccccc2OC)cc1. The van der Waals surface area contributed by atoms with Crippen LogP contribution in [-0.4, -0.2) is 35.2 Å². The Labute approximate surface area is 165 Å². The zero-order valence-corrected chi connectivity index (χ0v) is 16.0. The summed E-state index contributed by atoms with van der Waals surface area (Å²) in [5.41, 5.74) is 5.62. The van der Waals surface area contributed by atoms with E-state index in [0.717, 1.165) is 40.1 Å². The molecule has 0 unspecified atom stereocenters. The Hall–Kier alpha value is -3.41. The number of hydrogen-bond acceptors (Lipinski definition) is 4. The lowest BCUT2D eigenvalue weighted by molar-refractivity contribution is 0.407. The molecule has 0 atom stereocenters. The van der Waals surface area contributed by atoms with E-state index < -0.39 is 0 Å². The predicted molar refractivity (Wildman–Crippen MR) is 113 cm³/mol. The Bertz CT molecular complexity index is 1080. The second kappa shape index (κ2) is 8.09. The Morgan fingerprint density at radius 3 is 2.36 bits per heavy atom. The normalized spacial score (nSPS) is 10.8. The van der Waals surface area contributed by atoms with Crippen molar-refractivity contribution in [1.29, 1.82) is 0 Å². The van der Waals surface area contributed by atoms with E-state index in [1.54, 1.807) is 7.11 Å². The molecule has 0 N–H and O–H groups in total. The lowest BCUT2D eigenvalue weighted by atomic mass is 9.93. The second-order valence-electron chi connectivity index (χ2n) is 6.57. The molecule has 138 valence electrons. The number of methoxy groups -OCH3 is 1. The van der Waals surface area contributed by atoms with Crippen LogP contribution in [0.3, 0.4) is 0 Å². The van der Waals surface area contributed by atoms with Crippen molar-refractivity contribution in [2.75, 3.05) is 7.11 Å². The molecule has 4 rings (SSSR count). The quantitative estimate of drug-likeness (QED) is 0.491. The first-order chi connectivity index (χ1) is 13.8. The fourth-order valence-electron chi connectivity index (χ4n) is 3.35. The smallest absolute Gasteiger partial charge is 0.182 e. The highest BCUT2D eigenvalue weighted by Gasteiger charge is 2.15. The number of aromatic nitrogens is 4. The van der Waals surface area contributed by atoms with E-state index in [4.69, 9.17) is 4.74 Å². The molecule has 1 aromatic heterocycles. The van der Waals surface area contributed by atoms with Crippen LogP contribution in [0, 0.1) is 0 Å². The summed E-state index contributed by atoms with van der Waals surface area (Å²) in [6, 6.07) is 24.8. The highest BCUT2D eigenvalue weighted by Crippen LogP contribution is 2.31. The molecule has 6 heteroatoms. The van der Waals surface area contributed by atoms with Crippen molar-refractivity contribution in [3.05, 3.63) is 83.9 Å². The molecule has 0 fully saturated rings. The molecule has 0 aliphatic carbocycles. The predicted octanol–water partition coefficient (Wildman–Crippen LogP) is 3.20. The average molecular weight is 368 g/mol. The zero-order chi connectivity index (χ0) is 19.3. The van der Waals surface area contributed by atoms with Gasteiger partial charge in [-0.05, 0) is 27.6 Å². The minimum absolute atomic E-state index is 0.537. The van der Waals surface area contributed by atoms with Gasteiger partial charge in [0.2, 0.25) is 0 Å². The van der Waals surface area contributed by atoms with Crippen molar-refractivity contribution in [2.45, 2.75) is 12.9 Å². The van der Waals surface area contributed by atoms with Gasteiger partial charge in [0.25, 0.3) is 0 Å². The van der Waals surface area contributed by atoms with Gasteiger partial charge in [0.1, 0.15) is 13.6 Å². The van der Waals surface area contributed by atoms with Crippen LogP contribution in [-0.2, 0) is 12.9 Å². The summed E-state index contributed by atoms with van der Waals surface area (Å²) < 4.78 is 7.29. The van der Waals surface area contributed by atoms with Gasteiger partial charge in [-0.3, -0.25) is 0 Å². The monoisotopic (exact) mass is 368 g/mol. The maximum atomic E-state index is 5.47. The van der Waals surface area contributed by atoms with Crippen LogP contribution in [0.5, 0.6) is 5.75 Å². The van der Waals surface area contributed by atoms with Crippen LogP contribution < -0.4 is 4.74 Å². The maximum absolute atomic E-state index is 5.47. The summed E-state index contributed by atoms with van der Waals surface area (Å²) in [7, 11) is 3.84. The van der Waals surface area contributed by atoms with Gasteiger partial charge >= 0.3 is 0 Å². The molecule has 5 nitrogen and oxygen atoms in total. The molecular weight excluding hydrogens is 347 g/mol. The number of rotatable bonds is 6. The largest absolute Gasteiger partial charge is 0.496 e. The average Bonchev–Trinajstić information content (AvgIpc) is 3.22. The van der Waals surface area contributed by atoms with Crippen LogP contribution in [0.25, 0.3) is 22.5 Å². The van der Waals surface area contributed by atoms with Crippen molar-refractivity contribution >= 4 is 7.85 Å². The molecule has 0 saturated heterocycles. The van der Waals surface area contributed by atoms with Crippen LogP contribution in [0.1, 0.15) is 11.1 Å². The molecule has 0 radical (unpaired) electrons. The molecule has 1 heterocycles. The van der Waals surface area contributed by atoms with Crippen LogP contribution in [0.15, 0.2) is 72.8 Å². The second-order valence-corrected chi connectivity index (χ2v) is 6.57. The summed E-state index contributed by atoms with van der Waals surface area (Å²) in [5, 5.41) is 12.5. The van der Waals surface area contributed by atoms with Gasteiger partial charge < -0.3 is 4.74 Å². The fraction of sp³-hybridized carbons (Fsp3) is 0.136. The standard InChI is InChI=1S/C22H21BN4O/c1-28-21-9-5-2-6-18(21)15-27-22(24-25-26-27)20-8-4-3-7-19(20)17-12-10-16(14-23)11-13-17/h2-13H,14-15,23H2,1H3. The van der Waals surface area contributed by atoms with Crippen molar-refractivity contribution < 1.29 is 4.74 Å². The molecule has 0 amide bonds. The molecular formula is C22H21BN4O. The first-order valence-corrected chi connectivity index (χ1v) is 9.37. The van der Waals surface area contributed by atoms with Gasteiger partial charge in [-0.2, -0.15) is 0 Å². The van der Waals surface area contributed by atoms with Gasteiger partial charge in [-0.25, -0.2) is 4.68 Å². The molecule has 3 aromatic carbocycles. The summed E-state index contributed by atoms with van der Waals surface area (Å²) in [5.74, 6) is 1.56. The Morgan fingerprint density at radius 1 is 0.893 bits per heavy atom. The number of para-hydroxylation sites is 1. The highest BCUT2D eigenvalue weighted by atomic mass is 16.5. The van der Waals surface area contributed by atoms with Crippen molar-refractivity contribution in [1.82, 2.24) is 20.2 Å². The number of benzene rings is 3. The topological polar surface area (TPSA) is 52.8 Å². The van der Waals surface area contributed by atoms with E-state index >= 15 is 0 Å². The van der Waals surface area contributed by atoms with E-state index in [1.165, 1.54) is 5.56 Å². The van der Waals surface area contributed by atoms with Crippen molar-refractivity contribution in [3.8, 4) is 28.3 Å². The number of tetrazole rings is 1. The van der Waals surface area contributed by atoms with E-state index in [1.807, 2.05) is 41.1 Å². The maximum Gasteiger partial charge on any atom is 0.182 e. The van der Waals surface area contributed by atoms with E-state index in [0.29, 0.717) is 6.54 Å². The molecule has 0 bridgehead atoms. The molecule has 0 aliphatic heterocycles. The summed E-state index contributed by atoms with van der Waals surface area (Å²) >= 11 is 0.